The number of carbonyl (C=O) groups is 1. The number of rotatable bonds is 4. The highest BCUT2D eigenvalue weighted by atomic mass is 16.6. The molecular formula is C22H17N3O5. The van der Waals surface area contributed by atoms with Crippen LogP contribution in [0, 0.1) is 0 Å². The number of nitrogens with one attached hydrogen (secondary N) is 1. The van der Waals surface area contributed by atoms with Crippen molar-refractivity contribution in [1.29, 1.82) is 0 Å². The summed E-state index contributed by atoms with van der Waals surface area (Å²) in [7, 11) is 1.52. The molecule has 0 aliphatic carbocycles. The zero-order chi connectivity index (χ0) is 20.5. The molecule has 30 heavy (non-hydrogen) atoms. The van der Waals surface area contributed by atoms with Crippen LogP contribution in [0.1, 0.15) is 22.4 Å². The molecule has 8 heteroatoms. The average molecular weight is 403 g/mol. The predicted molar refractivity (Wildman–Crippen MR) is 108 cm³/mol. The first-order valence-electron chi connectivity index (χ1n) is 9.31. The molecule has 1 N–H and O–H groups in total. The van der Waals surface area contributed by atoms with Gasteiger partial charge in [-0.05, 0) is 35.0 Å². The van der Waals surface area contributed by atoms with E-state index in [1.54, 1.807) is 12.1 Å². The lowest BCUT2D eigenvalue weighted by atomic mass is 10.1. The van der Waals surface area contributed by atoms with E-state index in [-0.39, 0.29) is 18.5 Å². The second-order valence-electron chi connectivity index (χ2n) is 6.66. The van der Waals surface area contributed by atoms with Gasteiger partial charge in [0.1, 0.15) is 12.4 Å². The van der Waals surface area contributed by atoms with Crippen LogP contribution in [-0.4, -0.2) is 29.8 Å². The van der Waals surface area contributed by atoms with Crippen molar-refractivity contribution >= 4 is 22.7 Å². The van der Waals surface area contributed by atoms with Gasteiger partial charge in [0.2, 0.25) is 6.10 Å². The zero-order valence-corrected chi connectivity index (χ0v) is 16.0. The Morgan fingerprint density at radius 3 is 2.57 bits per heavy atom. The van der Waals surface area contributed by atoms with Gasteiger partial charge >= 0.3 is 6.01 Å². The number of methoxy groups -OCH3 is 1. The van der Waals surface area contributed by atoms with Gasteiger partial charge in [-0.15, -0.1) is 5.10 Å². The highest BCUT2D eigenvalue weighted by molar-refractivity contribution is 6.07. The van der Waals surface area contributed by atoms with Crippen molar-refractivity contribution in [2.75, 3.05) is 19.0 Å². The lowest BCUT2D eigenvalue weighted by Crippen LogP contribution is -2.21. The summed E-state index contributed by atoms with van der Waals surface area (Å²) in [5.41, 5.74) is 0.363. The summed E-state index contributed by atoms with van der Waals surface area (Å²) in [6.07, 6.45) is -0.562. The molecule has 1 unspecified atom stereocenters. The van der Waals surface area contributed by atoms with E-state index in [1.165, 1.54) is 7.11 Å². The number of anilines is 1. The summed E-state index contributed by atoms with van der Waals surface area (Å²) in [6, 6.07) is 18.6. The molecule has 1 aliphatic heterocycles. The number of ether oxygens (including phenoxy) is 3. The SMILES string of the molecule is COc1cc2ccccc2cc1C(=O)Nc1nnc(C2COc3ccccc3O2)o1. The fourth-order valence-electron chi connectivity index (χ4n) is 3.29. The van der Waals surface area contributed by atoms with Crippen molar-refractivity contribution in [2.45, 2.75) is 6.10 Å². The number of hydrogen-bond acceptors (Lipinski definition) is 7. The monoisotopic (exact) mass is 403 g/mol. The molecule has 150 valence electrons. The smallest absolute Gasteiger partial charge is 0.322 e. The maximum atomic E-state index is 12.8. The van der Waals surface area contributed by atoms with Crippen molar-refractivity contribution in [3.05, 3.63) is 72.1 Å². The van der Waals surface area contributed by atoms with Crippen LogP contribution in [-0.2, 0) is 0 Å². The molecule has 0 spiro atoms. The fourth-order valence-corrected chi connectivity index (χ4v) is 3.29. The van der Waals surface area contributed by atoms with Crippen LogP contribution in [0.15, 0.2) is 65.1 Å². The maximum Gasteiger partial charge on any atom is 0.322 e. The van der Waals surface area contributed by atoms with Crippen LogP contribution < -0.4 is 19.5 Å². The molecule has 0 fully saturated rings. The number of amides is 1. The van der Waals surface area contributed by atoms with Crippen molar-refractivity contribution < 1.29 is 23.4 Å². The normalized spacial score (nSPS) is 15.0. The van der Waals surface area contributed by atoms with E-state index in [9.17, 15) is 4.79 Å². The highest BCUT2D eigenvalue weighted by Crippen LogP contribution is 2.35. The number of aromatic nitrogens is 2. The first-order valence-corrected chi connectivity index (χ1v) is 9.31. The predicted octanol–water partition coefficient (Wildman–Crippen LogP) is 4.00. The quantitative estimate of drug-likeness (QED) is 0.550. The Balaban J connectivity index is 1.36. The van der Waals surface area contributed by atoms with Crippen LogP contribution in [0.4, 0.5) is 6.01 Å². The Morgan fingerprint density at radius 2 is 1.77 bits per heavy atom. The van der Waals surface area contributed by atoms with Gasteiger partial charge in [0.15, 0.2) is 11.5 Å². The number of carbonyl (C=O) groups excluding carboxylic acids is 1. The van der Waals surface area contributed by atoms with Crippen molar-refractivity contribution in [3.8, 4) is 17.2 Å². The van der Waals surface area contributed by atoms with Crippen LogP contribution in [0.2, 0.25) is 0 Å². The number of para-hydroxylation sites is 2. The fraction of sp³-hybridized carbons (Fsp3) is 0.136. The minimum Gasteiger partial charge on any atom is -0.496 e. The summed E-state index contributed by atoms with van der Waals surface area (Å²) in [4.78, 5) is 12.8. The maximum absolute atomic E-state index is 12.8. The largest absolute Gasteiger partial charge is 0.496 e. The van der Waals surface area contributed by atoms with E-state index in [4.69, 9.17) is 18.6 Å². The van der Waals surface area contributed by atoms with E-state index < -0.39 is 12.0 Å². The van der Waals surface area contributed by atoms with Gasteiger partial charge in [0.05, 0.1) is 12.7 Å². The summed E-state index contributed by atoms with van der Waals surface area (Å²) in [6.45, 7) is 0.227. The van der Waals surface area contributed by atoms with Crippen molar-refractivity contribution in [1.82, 2.24) is 10.2 Å². The molecule has 1 aliphatic rings. The molecule has 0 saturated heterocycles. The van der Waals surface area contributed by atoms with Gasteiger partial charge in [0.25, 0.3) is 11.8 Å². The van der Waals surface area contributed by atoms with E-state index in [0.29, 0.717) is 22.8 Å². The van der Waals surface area contributed by atoms with Crippen molar-refractivity contribution in [2.24, 2.45) is 0 Å². The van der Waals surface area contributed by atoms with Crippen LogP contribution in [0.3, 0.4) is 0 Å². The van der Waals surface area contributed by atoms with Gasteiger partial charge in [0, 0.05) is 0 Å². The second kappa shape index (κ2) is 7.40. The van der Waals surface area contributed by atoms with Gasteiger partial charge in [-0.1, -0.05) is 41.5 Å². The first-order chi connectivity index (χ1) is 14.7. The molecule has 0 bridgehead atoms. The molecule has 8 nitrogen and oxygen atoms in total. The zero-order valence-electron chi connectivity index (χ0n) is 16.0. The standard InChI is InChI=1S/C22H17N3O5/c1-27-18-11-14-7-3-2-6-13(14)10-15(18)20(26)23-22-25-24-21(30-22)19-12-28-16-8-4-5-9-17(16)29-19/h2-11,19H,12H2,1H3,(H,23,25,26). The van der Waals surface area contributed by atoms with Gasteiger partial charge in [-0.25, -0.2) is 0 Å². The molecule has 4 aromatic rings. The molecule has 0 radical (unpaired) electrons. The molecule has 1 atom stereocenters. The molecule has 5 rings (SSSR count). The second-order valence-corrected chi connectivity index (χ2v) is 6.66. The number of fused-ring (bicyclic) bond motifs is 2. The minimum absolute atomic E-state index is 0.0346. The topological polar surface area (TPSA) is 95.7 Å². The lowest BCUT2D eigenvalue weighted by Gasteiger charge is -2.23. The summed E-state index contributed by atoms with van der Waals surface area (Å²) < 4.78 is 22.5. The molecule has 0 saturated carbocycles. The summed E-state index contributed by atoms with van der Waals surface area (Å²) in [5.74, 6) is 1.50. The van der Waals surface area contributed by atoms with Crippen molar-refractivity contribution in [3.63, 3.8) is 0 Å². The van der Waals surface area contributed by atoms with Gasteiger partial charge < -0.3 is 18.6 Å². The Hall–Kier alpha value is -4.07. The molecule has 2 heterocycles. The first kappa shape index (κ1) is 18.0. The molecule has 1 aromatic heterocycles. The minimum atomic E-state index is -0.562. The third kappa shape index (κ3) is 3.28. The van der Waals surface area contributed by atoms with E-state index in [1.807, 2.05) is 48.5 Å². The van der Waals surface area contributed by atoms with Gasteiger partial charge in [-0.2, -0.15) is 0 Å². The third-order valence-electron chi connectivity index (χ3n) is 4.76. The Labute approximate surface area is 171 Å². The average Bonchev–Trinajstić information content (AvgIpc) is 3.26. The number of nitrogens with zero attached hydrogens (tertiary/aromatic N) is 2. The number of hydrogen-bond donors (Lipinski definition) is 1. The summed E-state index contributed by atoms with van der Waals surface area (Å²) in [5, 5.41) is 12.4. The van der Waals surface area contributed by atoms with Gasteiger partial charge in [-0.3, -0.25) is 10.1 Å². The molecule has 3 aromatic carbocycles. The number of benzene rings is 3. The van der Waals surface area contributed by atoms with Crippen LogP contribution in [0.25, 0.3) is 10.8 Å². The van der Waals surface area contributed by atoms with Crippen LogP contribution >= 0.6 is 0 Å². The third-order valence-corrected chi connectivity index (χ3v) is 4.76. The molecule has 1 amide bonds. The lowest BCUT2D eigenvalue weighted by molar-refractivity contribution is 0.0716. The van der Waals surface area contributed by atoms with E-state index >= 15 is 0 Å². The summed E-state index contributed by atoms with van der Waals surface area (Å²) >= 11 is 0. The molecular weight excluding hydrogens is 386 g/mol. The Bertz CT molecular complexity index is 1240. The highest BCUT2D eigenvalue weighted by Gasteiger charge is 2.28. The van der Waals surface area contributed by atoms with E-state index in [0.717, 1.165) is 10.8 Å². The Morgan fingerprint density at radius 1 is 1.03 bits per heavy atom. The Kier molecular flexibility index (Phi) is 4.44. The van der Waals surface area contributed by atoms with Crippen LogP contribution in [0.5, 0.6) is 17.2 Å². The van der Waals surface area contributed by atoms with E-state index in [2.05, 4.69) is 15.5 Å².